The van der Waals surface area contributed by atoms with Crippen LogP contribution >= 0.6 is 22.6 Å². The van der Waals surface area contributed by atoms with Gasteiger partial charge in [0.05, 0.1) is 22.1 Å². The third-order valence-electron chi connectivity index (χ3n) is 7.33. The molecule has 4 atom stereocenters. The summed E-state index contributed by atoms with van der Waals surface area (Å²) in [4.78, 5) is 48.6. The average Bonchev–Trinajstić information content (AvgIpc) is 3.60. The first kappa shape index (κ1) is 31.1. The van der Waals surface area contributed by atoms with E-state index in [0.717, 1.165) is 3.57 Å². The molecule has 6 rings (SSSR count). The minimum absolute atomic E-state index is 0.281. The molecule has 2 aromatic heterocycles. The second kappa shape index (κ2) is 13.6. The number of nitrogens with two attached hydrogens (primary N) is 1. The van der Waals surface area contributed by atoms with Crippen molar-refractivity contribution in [2.24, 2.45) is 5.84 Å². The first-order valence-electron chi connectivity index (χ1n) is 14.2. The molecule has 13 heteroatoms. The Labute approximate surface area is 277 Å². The molecule has 1 fully saturated rings. The number of esters is 3. The number of carbonyl (C=O) groups is 3. The third kappa shape index (κ3) is 6.42. The number of nitrogens with zero attached hydrogens (tertiary/aromatic N) is 4. The highest BCUT2D eigenvalue weighted by molar-refractivity contribution is 14.1. The summed E-state index contributed by atoms with van der Waals surface area (Å²) in [5, 5.41) is 2.01. The maximum Gasteiger partial charge on any atom is 0.338 e. The standard InChI is InChI=1S/C33H28IN5O7/c1-38(35)28-25-23(34)17-39(29(25)37-19-36-28)30-27(46-33(42)22-15-9-4-10-16-22)26(45-32(41)21-13-7-3-8-14-21)24(44-30)18-43-31(40)20-11-5-2-6-12-20/h2-17,19,24,26-27,30H,18,35H2,1H3/t24-,26?,27+,30-/m1/s1. The minimum atomic E-state index is -1.19. The lowest BCUT2D eigenvalue weighted by Crippen LogP contribution is -2.41. The van der Waals surface area contributed by atoms with Gasteiger partial charge in [0.25, 0.3) is 0 Å². The number of rotatable bonds is 9. The number of fused-ring (bicyclic) bond motifs is 1. The highest BCUT2D eigenvalue weighted by Gasteiger charge is 2.52. The van der Waals surface area contributed by atoms with Gasteiger partial charge in [-0.15, -0.1) is 0 Å². The van der Waals surface area contributed by atoms with Gasteiger partial charge in [-0.3, -0.25) is 5.01 Å². The molecule has 5 aromatic rings. The van der Waals surface area contributed by atoms with Crippen molar-refractivity contribution >= 4 is 57.4 Å². The van der Waals surface area contributed by atoms with Crippen LogP contribution in [0.5, 0.6) is 0 Å². The van der Waals surface area contributed by atoms with Crippen molar-refractivity contribution in [2.45, 2.75) is 24.5 Å². The number of hydrazine groups is 1. The van der Waals surface area contributed by atoms with Crippen LogP contribution in [-0.4, -0.2) is 64.4 Å². The SMILES string of the molecule is CN(N)c1ncnc2c1c(I)cn2[C@@H]1O[C@H](COC(=O)c2ccccc2)C(OC(=O)c2ccccc2)[C@@H]1OC(=O)c1ccccc1. The molecule has 1 unspecified atom stereocenters. The van der Waals surface area contributed by atoms with Gasteiger partial charge < -0.3 is 23.5 Å². The van der Waals surface area contributed by atoms with Crippen LogP contribution in [-0.2, 0) is 18.9 Å². The Balaban J connectivity index is 1.41. The molecule has 3 heterocycles. The first-order valence-corrected chi connectivity index (χ1v) is 15.3. The number of aromatic nitrogens is 3. The van der Waals surface area contributed by atoms with Crippen molar-refractivity contribution in [1.29, 1.82) is 0 Å². The van der Waals surface area contributed by atoms with Crippen molar-refractivity contribution in [3.8, 4) is 0 Å². The number of benzene rings is 3. The molecule has 12 nitrogen and oxygen atoms in total. The molecule has 0 aliphatic carbocycles. The van der Waals surface area contributed by atoms with E-state index in [1.807, 2.05) is 0 Å². The van der Waals surface area contributed by atoms with Crippen LogP contribution in [0.2, 0.25) is 0 Å². The third-order valence-corrected chi connectivity index (χ3v) is 8.15. The second-order valence-electron chi connectivity index (χ2n) is 10.4. The highest BCUT2D eigenvalue weighted by atomic mass is 127. The summed E-state index contributed by atoms with van der Waals surface area (Å²) in [6, 6.07) is 25.3. The fourth-order valence-electron chi connectivity index (χ4n) is 5.17. The molecule has 0 spiro atoms. The van der Waals surface area contributed by atoms with Gasteiger partial charge in [0.15, 0.2) is 24.3 Å². The van der Waals surface area contributed by atoms with E-state index in [1.54, 1.807) is 109 Å². The molecule has 234 valence electrons. The minimum Gasteiger partial charge on any atom is -0.459 e. The van der Waals surface area contributed by atoms with Crippen molar-refractivity contribution in [3.63, 3.8) is 0 Å². The largest absolute Gasteiger partial charge is 0.459 e. The summed E-state index contributed by atoms with van der Waals surface area (Å²) < 4.78 is 26.6. The van der Waals surface area contributed by atoms with Crippen LogP contribution in [0.15, 0.2) is 104 Å². The van der Waals surface area contributed by atoms with Crippen molar-refractivity contribution < 1.29 is 33.3 Å². The topological polar surface area (TPSA) is 148 Å². The first-order chi connectivity index (χ1) is 22.3. The Morgan fingerprint density at radius 1 is 0.826 bits per heavy atom. The zero-order valence-electron chi connectivity index (χ0n) is 24.4. The van der Waals surface area contributed by atoms with Gasteiger partial charge in [-0.1, -0.05) is 54.6 Å². The lowest BCUT2D eigenvalue weighted by molar-refractivity contribution is -0.0604. The van der Waals surface area contributed by atoms with Crippen LogP contribution in [0.25, 0.3) is 11.0 Å². The van der Waals surface area contributed by atoms with Crippen LogP contribution in [0, 0.1) is 3.57 Å². The van der Waals surface area contributed by atoms with E-state index >= 15 is 0 Å². The Morgan fingerprint density at radius 3 is 1.89 bits per heavy atom. The van der Waals surface area contributed by atoms with Gasteiger partial charge in [0.2, 0.25) is 0 Å². The second-order valence-corrected chi connectivity index (χ2v) is 11.6. The number of carbonyl (C=O) groups excluding carboxylic acids is 3. The van der Waals surface area contributed by atoms with Crippen molar-refractivity contribution in [2.75, 3.05) is 18.7 Å². The average molecular weight is 734 g/mol. The quantitative estimate of drug-likeness (QED) is 0.0748. The predicted octanol–water partition coefficient (Wildman–Crippen LogP) is 4.55. The lowest BCUT2D eigenvalue weighted by atomic mass is 10.1. The number of anilines is 1. The van der Waals surface area contributed by atoms with Crippen LogP contribution in [0.3, 0.4) is 0 Å². The molecular weight excluding hydrogens is 705 g/mol. The van der Waals surface area contributed by atoms with Gasteiger partial charge >= 0.3 is 17.9 Å². The molecule has 0 amide bonds. The number of halogens is 1. The molecule has 0 bridgehead atoms. The molecule has 1 aliphatic rings. The lowest BCUT2D eigenvalue weighted by Gasteiger charge is -2.25. The zero-order chi connectivity index (χ0) is 32.2. The molecule has 2 N–H and O–H groups in total. The van der Waals surface area contributed by atoms with Gasteiger partial charge in [0, 0.05) is 16.8 Å². The van der Waals surface area contributed by atoms with Gasteiger partial charge in [-0.25, -0.2) is 30.2 Å². The zero-order valence-corrected chi connectivity index (χ0v) is 26.6. The number of ether oxygens (including phenoxy) is 4. The van der Waals surface area contributed by atoms with Crippen molar-refractivity contribution in [3.05, 3.63) is 124 Å². The smallest absolute Gasteiger partial charge is 0.338 e. The van der Waals surface area contributed by atoms with Gasteiger partial charge in [-0.2, -0.15) is 0 Å². The summed E-state index contributed by atoms with van der Waals surface area (Å²) in [5.41, 5.74) is 1.34. The summed E-state index contributed by atoms with van der Waals surface area (Å²) in [6.45, 7) is -0.307. The predicted molar refractivity (Wildman–Crippen MR) is 175 cm³/mol. The fourth-order valence-corrected chi connectivity index (χ4v) is 5.95. The molecule has 0 radical (unpaired) electrons. The van der Waals surface area contributed by atoms with Crippen LogP contribution in [0.1, 0.15) is 37.3 Å². The van der Waals surface area contributed by atoms with Crippen molar-refractivity contribution in [1.82, 2.24) is 14.5 Å². The van der Waals surface area contributed by atoms with E-state index < -0.39 is 42.4 Å². The summed E-state index contributed by atoms with van der Waals surface area (Å²) >= 11 is 2.14. The van der Waals surface area contributed by atoms with Crippen LogP contribution < -0.4 is 10.9 Å². The van der Waals surface area contributed by atoms with E-state index in [2.05, 4.69) is 32.6 Å². The van der Waals surface area contributed by atoms with Gasteiger partial charge in [0.1, 0.15) is 24.7 Å². The van der Waals surface area contributed by atoms with E-state index in [4.69, 9.17) is 24.8 Å². The molecule has 46 heavy (non-hydrogen) atoms. The van der Waals surface area contributed by atoms with Crippen LogP contribution in [0.4, 0.5) is 5.82 Å². The van der Waals surface area contributed by atoms with E-state index in [9.17, 15) is 14.4 Å². The molecule has 0 saturated carbocycles. The number of hydrogen-bond donors (Lipinski definition) is 1. The fraction of sp³-hybridized carbons (Fsp3) is 0.182. The summed E-state index contributed by atoms with van der Waals surface area (Å²) in [7, 11) is 1.65. The maximum atomic E-state index is 13.5. The molecular formula is C33H28IN5O7. The highest BCUT2D eigenvalue weighted by Crippen LogP contribution is 2.39. The normalized spacial score (nSPS) is 19.0. The Kier molecular flexibility index (Phi) is 9.23. The summed E-state index contributed by atoms with van der Waals surface area (Å²) in [5.74, 6) is 4.60. The number of hydrogen-bond acceptors (Lipinski definition) is 11. The Bertz CT molecular complexity index is 1850. The Morgan fingerprint density at radius 2 is 1.35 bits per heavy atom. The molecule has 1 saturated heterocycles. The Hall–Kier alpha value is -4.86. The van der Waals surface area contributed by atoms with Gasteiger partial charge in [-0.05, 0) is 59.0 Å². The van der Waals surface area contributed by atoms with E-state index in [-0.39, 0.29) is 17.7 Å². The molecule has 3 aromatic carbocycles. The maximum absolute atomic E-state index is 13.5. The monoisotopic (exact) mass is 733 g/mol. The summed E-state index contributed by atoms with van der Waals surface area (Å²) in [6.07, 6.45) is -1.36. The van der Waals surface area contributed by atoms with E-state index in [0.29, 0.717) is 22.4 Å². The molecule has 1 aliphatic heterocycles. The van der Waals surface area contributed by atoms with E-state index in [1.165, 1.54) is 11.3 Å².